The lowest BCUT2D eigenvalue weighted by Gasteiger charge is -2.27. The normalized spacial score (nSPS) is 13.5. The number of thiophene rings is 1. The number of hydrogen-bond acceptors (Lipinski definition) is 3. The molecule has 5 nitrogen and oxygen atoms in total. The van der Waals surface area contributed by atoms with Crippen LogP contribution in [-0.2, 0) is 13.0 Å². The molecule has 0 fully saturated rings. The van der Waals surface area contributed by atoms with Crippen LogP contribution in [0.4, 0.5) is 10.5 Å². The number of hydrogen-bond donors (Lipinski definition) is 2. The average Bonchev–Trinajstić information content (AvgIpc) is 3.01. The number of carbonyl (C=O) groups excluding carboxylic acids is 2. The van der Waals surface area contributed by atoms with Crippen molar-refractivity contribution in [3.63, 3.8) is 0 Å². The Hall–Kier alpha value is -2.34. The first-order valence-corrected chi connectivity index (χ1v) is 8.93. The van der Waals surface area contributed by atoms with E-state index in [-0.39, 0.29) is 18.0 Å². The van der Waals surface area contributed by atoms with Crippen LogP contribution in [0.15, 0.2) is 35.7 Å². The zero-order valence-electron chi connectivity index (χ0n) is 13.8. The van der Waals surface area contributed by atoms with Gasteiger partial charge in [0.1, 0.15) is 0 Å². The van der Waals surface area contributed by atoms with Gasteiger partial charge in [0.15, 0.2) is 0 Å². The minimum atomic E-state index is -0.245. The van der Waals surface area contributed by atoms with E-state index >= 15 is 0 Å². The number of carbonyl (C=O) groups is 2. The molecule has 0 unspecified atom stereocenters. The van der Waals surface area contributed by atoms with Crippen molar-refractivity contribution in [3.8, 4) is 0 Å². The predicted molar refractivity (Wildman–Crippen MR) is 96.5 cm³/mol. The van der Waals surface area contributed by atoms with Crippen LogP contribution < -0.4 is 10.6 Å². The number of fused-ring (bicyclic) bond motifs is 1. The summed E-state index contributed by atoms with van der Waals surface area (Å²) in [5.74, 6) is 0.0324. The average molecular weight is 343 g/mol. The summed E-state index contributed by atoms with van der Waals surface area (Å²) >= 11 is 1.76. The molecule has 3 rings (SSSR count). The molecule has 1 aromatic heterocycles. The highest BCUT2D eigenvalue weighted by Crippen LogP contribution is 2.25. The molecule has 2 aromatic rings. The summed E-state index contributed by atoms with van der Waals surface area (Å²) < 4.78 is 0. The van der Waals surface area contributed by atoms with Crippen LogP contribution in [-0.4, -0.2) is 29.4 Å². The molecule has 24 heavy (non-hydrogen) atoms. The second-order valence-electron chi connectivity index (χ2n) is 6.18. The smallest absolute Gasteiger partial charge is 0.319 e. The van der Waals surface area contributed by atoms with Gasteiger partial charge in [-0.3, -0.25) is 4.79 Å². The molecule has 126 valence electrons. The minimum Gasteiger partial charge on any atom is -0.336 e. The van der Waals surface area contributed by atoms with E-state index in [4.69, 9.17) is 0 Å². The lowest BCUT2D eigenvalue weighted by molar-refractivity contribution is 0.0736. The monoisotopic (exact) mass is 343 g/mol. The molecule has 2 N–H and O–H groups in total. The highest BCUT2D eigenvalue weighted by atomic mass is 32.1. The Bertz CT molecular complexity index is 737. The molecular weight excluding hydrogens is 322 g/mol. The van der Waals surface area contributed by atoms with Crippen molar-refractivity contribution in [2.75, 3.05) is 11.9 Å². The lowest BCUT2D eigenvalue weighted by Crippen LogP contribution is -2.35. The topological polar surface area (TPSA) is 61.4 Å². The highest BCUT2D eigenvalue weighted by Gasteiger charge is 2.22. The molecule has 0 saturated carbocycles. The standard InChI is InChI=1S/C18H21N3O2S/c1-12(2)19-18(23)20-15-5-3-13(4-6-15)17(22)21-9-7-16-14(11-21)8-10-24-16/h3-6,8,10,12H,7,9,11H2,1-2H3,(H2,19,20,23). The van der Waals surface area contributed by atoms with E-state index in [1.54, 1.807) is 35.6 Å². The Labute approximate surface area is 145 Å². The summed E-state index contributed by atoms with van der Waals surface area (Å²) in [6, 6.07) is 8.96. The predicted octanol–water partition coefficient (Wildman–Crippen LogP) is 3.48. The van der Waals surface area contributed by atoms with Gasteiger partial charge in [-0.05, 0) is 61.5 Å². The van der Waals surface area contributed by atoms with Crippen molar-refractivity contribution in [2.24, 2.45) is 0 Å². The van der Waals surface area contributed by atoms with E-state index in [2.05, 4.69) is 22.1 Å². The zero-order valence-corrected chi connectivity index (χ0v) is 14.7. The van der Waals surface area contributed by atoms with Crippen molar-refractivity contribution >= 4 is 29.0 Å². The van der Waals surface area contributed by atoms with Crippen molar-refractivity contribution in [2.45, 2.75) is 32.9 Å². The summed E-state index contributed by atoms with van der Waals surface area (Å²) in [5, 5.41) is 7.60. The Kier molecular flexibility index (Phi) is 4.85. The lowest BCUT2D eigenvalue weighted by atomic mass is 10.1. The highest BCUT2D eigenvalue weighted by molar-refractivity contribution is 7.10. The fourth-order valence-corrected chi connectivity index (χ4v) is 3.62. The number of amides is 3. The maximum atomic E-state index is 12.6. The molecule has 1 aliphatic heterocycles. The van der Waals surface area contributed by atoms with Crippen LogP contribution in [0.5, 0.6) is 0 Å². The number of nitrogens with one attached hydrogen (secondary N) is 2. The molecule has 1 aromatic carbocycles. The second kappa shape index (κ2) is 7.05. The van der Waals surface area contributed by atoms with E-state index in [9.17, 15) is 9.59 Å². The summed E-state index contributed by atoms with van der Waals surface area (Å²) in [5.41, 5.74) is 2.57. The van der Waals surface area contributed by atoms with Crippen LogP contribution in [0.3, 0.4) is 0 Å². The van der Waals surface area contributed by atoms with Crippen LogP contribution >= 0.6 is 11.3 Å². The molecule has 0 spiro atoms. The summed E-state index contributed by atoms with van der Waals surface area (Å²) in [4.78, 5) is 27.6. The summed E-state index contributed by atoms with van der Waals surface area (Å²) in [7, 11) is 0. The largest absolute Gasteiger partial charge is 0.336 e. The van der Waals surface area contributed by atoms with Gasteiger partial charge < -0.3 is 15.5 Å². The Morgan fingerprint density at radius 1 is 1.17 bits per heavy atom. The third-order valence-corrected chi connectivity index (χ3v) is 4.93. The van der Waals surface area contributed by atoms with Gasteiger partial charge in [-0.15, -0.1) is 11.3 Å². The van der Waals surface area contributed by atoms with Gasteiger partial charge in [-0.1, -0.05) is 0 Å². The number of urea groups is 1. The minimum absolute atomic E-state index is 0.0324. The van der Waals surface area contributed by atoms with E-state index in [0.29, 0.717) is 17.8 Å². The third kappa shape index (κ3) is 3.76. The van der Waals surface area contributed by atoms with E-state index in [1.165, 1.54) is 10.4 Å². The fraction of sp³-hybridized carbons (Fsp3) is 0.333. The van der Waals surface area contributed by atoms with Gasteiger partial charge in [0.05, 0.1) is 0 Å². The molecular formula is C18H21N3O2S. The number of rotatable bonds is 3. The molecule has 0 bridgehead atoms. The van der Waals surface area contributed by atoms with Crippen molar-refractivity contribution in [1.29, 1.82) is 0 Å². The SMILES string of the molecule is CC(C)NC(=O)Nc1ccc(C(=O)N2CCc3sccc3C2)cc1. The zero-order chi connectivity index (χ0) is 17.1. The Morgan fingerprint density at radius 2 is 1.92 bits per heavy atom. The van der Waals surface area contributed by atoms with Gasteiger partial charge in [0, 0.05) is 35.3 Å². The fourth-order valence-electron chi connectivity index (χ4n) is 2.73. The van der Waals surface area contributed by atoms with Crippen molar-refractivity contribution in [3.05, 3.63) is 51.7 Å². The molecule has 0 atom stereocenters. The van der Waals surface area contributed by atoms with E-state index in [1.807, 2.05) is 18.7 Å². The van der Waals surface area contributed by atoms with E-state index < -0.39 is 0 Å². The first-order chi connectivity index (χ1) is 11.5. The molecule has 0 radical (unpaired) electrons. The second-order valence-corrected chi connectivity index (χ2v) is 7.18. The first kappa shape index (κ1) is 16.5. The third-order valence-electron chi connectivity index (χ3n) is 3.90. The van der Waals surface area contributed by atoms with Gasteiger partial charge in [-0.2, -0.15) is 0 Å². The van der Waals surface area contributed by atoms with Crippen LogP contribution in [0.25, 0.3) is 0 Å². The van der Waals surface area contributed by atoms with Crippen LogP contribution in [0.2, 0.25) is 0 Å². The Balaban J connectivity index is 1.63. The van der Waals surface area contributed by atoms with Crippen LogP contribution in [0, 0.1) is 0 Å². The molecule has 2 heterocycles. The van der Waals surface area contributed by atoms with Crippen molar-refractivity contribution in [1.82, 2.24) is 10.2 Å². The molecule has 6 heteroatoms. The maximum absolute atomic E-state index is 12.6. The molecule has 0 saturated heterocycles. The maximum Gasteiger partial charge on any atom is 0.319 e. The number of benzene rings is 1. The van der Waals surface area contributed by atoms with E-state index in [0.717, 1.165) is 13.0 Å². The summed E-state index contributed by atoms with van der Waals surface area (Å²) in [6.45, 7) is 5.23. The van der Waals surface area contributed by atoms with Gasteiger partial charge in [0.25, 0.3) is 5.91 Å². The quantitative estimate of drug-likeness (QED) is 0.896. The molecule has 3 amide bonds. The Morgan fingerprint density at radius 3 is 2.62 bits per heavy atom. The van der Waals surface area contributed by atoms with Gasteiger partial charge in [0.2, 0.25) is 0 Å². The molecule has 0 aliphatic carbocycles. The van der Waals surface area contributed by atoms with Crippen molar-refractivity contribution < 1.29 is 9.59 Å². The van der Waals surface area contributed by atoms with Gasteiger partial charge >= 0.3 is 6.03 Å². The number of nitrogens with zero attached hydrogens (tertiary/aromatic N) is 1. The first-order valence-electron chi connectivity index (χ1n) is 8.05. The summed E-state index contributed by atoms with van der Waals surface area (Å²) in [6.07, 6.45) is 0.924. The van der Waals surface area contributed by atoms with Crippen LogP contribution in [0.1, 0.15) is 34.6 Å². The van der Waals surface area contributed by atoms with Gasteiger partial charge in [-0.25, -0.2) is 4.79 Å². The number of anilines is 1. The molecule has 1 aliphatic rings.